The number of aromatic carboxylic acids is 1. The maximum absolute atomic E-state index is 14.0. The van der Waals surface area contributed by atoms with Gasteiger partial charge in [0.1, 0.15) is 66.7 Å². The molecule has 2 unspecified atom stereocenters. The largest absolute Gasteiger partial charge is 0.508 e. The van der Waals surface area contributed by atoms with Crippen molar-refractivity contribution in [3.05, 3.63) is 208 Å². The Hall–Kier alpha value is -12.4. The van der Waals surface area contributed by atoms with Crippen LogP contribution >= 0.6 is 0 Å². The molecule has 0 spiro atoms. The Labute approximate surface area is 590 Å². The molecule has 2 N–H and O–H groups in total. The third kappa shape index (κ3) is 16.3. The second kappa shape index (κ2) is 30.2. The summed E-state index contributed by atoms with van der Waals surface area (Å²) in [6, 6.07) is 25.3. The minimum Gasteiger partial charge on any atom is -0.508 e. The molecule has 0 bridgehead atoms. The molecule has 532 valence electrons. The summed E-state index contributed by atoms with van der Waals surface area (Å²) in [5, 5.41) is 20.0. The highest BCUT2D eigenvalue weighted by atomic mass is 16.6. The molecule has 8 amide bonds. The van der Waals surface area contributed by atoms with Crippen LogP contribution in [0.25, 0.3) is 5.76 Å². The van der Waals surface area contributed by atoms with Crippen LogP contribution in [0.1, 0.15) is 187 Å². The van der Waals surface area contributed by atoms with Crippen molar-refractivity contribution in [2.24, 2.45) is 22.7 Å². The SMILES string of the molecule is C=CC(=O)OCCOC(=O)c1cc(Oc2ccc3c(c2)C(=O)N(CCC(C)CC(C)(C)CN2C(=O)c4ccc(Oc5ccc6c(c5)C(=O)N(CCC(C)CC(C)(C)CN5C(=O)c7ccc(Oc8ccc(C(=O)OCCOC(=O)C=C)c(C(=O)O)c8)cc7C5=O)C6=O)cc4C2=O)C3=O)ccc1C(=C)O. The van der Waals surface area contributed by atoms with E-state index in [4.69, 9.17) is 33.2 Å². The number of imide groups is 4. The molecule has 2 atom stereocenters. The average molecular weight is 1410 g/mol. The van der Waals surface area contributed by atoms with E-state index in [1.54, 1.807) is 0 Å². The first-order valence-corrected chi connectivity index (χ1v) is 32.7. The lowest BCUT2D eigenvalue weighted by molar-refractivity contribution is -0.139. The monoisotopic (exact) mass is 1400 g/mol. The van der Waals surface area contributed by atoms with E-state index in [1.807, 2.05) is 41.5 Å². The summed E-state index contributed by atoms with van der Waals surface area (Å²) in [6.07, 6.45) is 3.63. The minimum atomic E-state index is -1.46. The number of fused-ring (bicyclic) bond motifs is 4. The van der Waals surface area contributed by atoms with Crippen molar-refractivity contribution in [1.82, 2.24) is 19.6 Å². The molecule has 26 nitrogen and oxygen atoms in total. The third-order valence-corrected chi connectivity index (χ3v) is 17.6. The van der Waals surface area contributed by atoms with Gasteiger partial charge in [-0.25, -0.2) is 24.0 Å². The summed E-state index contributed by atoms with van der Waals surface area (Å²) in [5.74, 6) is -8.82. The van der Waals surface area contributed by atoms with Gasteiger partial charge in [-0.2, -0.15) is 0 Å². The van der Waals surface area contributed by atoms with Gasteiger partial charge in [0.25, 0.3) is 47.3 Å². The fraction of sp³-hybridized carbons (Fsp3) is 0.286. The summed E-state index contributed by atoms with van der Waals surface area (Å²) < 4.78 is 37.9. The molecule has 0 radical (unpaired) electrons. The van der Waals surface area contributed by atoms with Gasteiger partial charge in [0, 0.05) is 43.9 Å². The number of aliphatic hydroxyl groups excluding tert-OH is 1. The topological polar surface area (TPSA) is 340 Å². The molecule has 6 aromatic rings. The first-order valence-electron chi connectivity index (χ1n) is 32.7. The molecule has 0 saturated heterocycles. The van der Waals surface area contributed by atoms with Crippen molar-refractivity contribution >= 4 is 82.9 Å². The van der Waals surface area contributed by atoms with E-state index in [-0.39, 0.29) is 160 Å². The number of aliphatic hydroxyl groups is 1. The molecule has 26 heteroatoms. The Kier molecular flexibility index (Phi) is 21.5. The third-order valence-electron chi connectivity index (χ3n) is 17.6. The van der Waals surface area contributed by atoms with E-state index in [0.717, 1.165) is 32.9 Å². The van der Waals surface area contributed by atoms with Gasteiger partial charge in [0.15, 0.2) is 0 Å². The Balaban J connectivity index is 0.680. The van der Waals surface area contributed by atoms with Crippen LogP contribution in [0.4, 0.5) is 0 Å². The lowest BCUT2D eigenvalue weighted by Crippen LogP contribution is -2.39. The number of carbonyl (C=O) groups is 13. The van der Waals surface area contributed by atoms with Crippen LogP contribution in [0, 0.1) is 22.7 Å². The molecule has 0 fully saturated rings. The lowest BCUT2D eigenvalue weighted by atomic mass is 9.81. The van der Waals surface area contributed by atoms with Gasteiger partial charge in [-0.1, -0.05) is 61.3 Å². The Morgan fingerprint density at radius 3 is 1.04 bits per heavy atom. The summed E-state index contributed by atoms with van der Waals surface area (Å²) in [4.78, 5) is 175. The van der Waals surface area contributed by atoms with E-state index in [9.17, 15) is 72.5 Å². The van der Waals surface area contributed by atoms with Crippen LogP contribution in [0.15, 0.2) is 141 Å². The van der Waals surface area contributed by atoms with Gasteiger partial charge >= 0.3 is 29.8 Å². The molecule has 103 heavy (non-hydrogen) atoms. The molecule has 6 aromatic carbocycles. The Morgan fingerprint density at radius 2 is 0.689 bits per heavy atom. The summed E-state index contributed by atoms with van der Waals surface area (Å²) in [5.41, 5.74) is -1.05. The highest BCUT2D eigenvalue weighted by Gasteiger charge is 2.43. The molecular weight excluding hydrogens is 1330 g/mol. The average Bonchev–Trinajstić information content (AvgIpc) is 1.65. The summed E-state index contributed by atoms with van der Waals surface area (Å²) in [6.45, 7) is 20.6. The summed E-state index contributed by atoms with van der Waals surface area (Å²) in [7, 11) is 0. The molecule has 10 rings (SSSR count). The highest BCUT2D eigenvalue weighted by molar-refractivity contribution is 6.24. The van der Waals surface area contributed by atoms with Crippen LogP contribution in [0.3, 0.4) is 0 Å². The van der Waals surface area contributed by atoms with Crippen LogP contribution in [0.2, 0.25) is 0 Å². The fourth-order valence-corrected chi connectivity index (χ4v) is 13.0. The molecule has 0 aromatic heterocycles. The van der Waals surface area contributed by atoms with Crippen LogP contribution < -0.4 is 14.2 Å². The number of nitrogens with zero attached hydrogens (tertiary/aromatic N) is 4. The molecule has 4 heterocycles. The normalized spacial score (nSPS) is 14.4. The maximum Gasteiger partial charge on any atom is 0.339 e. The number of benzene rings is 6. The molecule has 0 aliphatic carbocycles. The number of carbonyl (C=O) groups excluding carboxylic acids is 12. The zero-order chi connectivity index (χ0) is 74.5. The van der Waals surface area contributed by atoms with Crippen molar-refractivity contribution in [3.8, 4) is 34.5 Å². The zero-order valence-corrected chi connectivity index (χ0v) is 57.2. The van der Waals surface area contributed by atoms with Crippen molar-refractivity contribution in [2.45, 2.75) is 67.2 Å². The number of esters is 4. The second-order valence-corrected chi connectivity index (χ2v) is 26.8. The lowest BCUT2D eigenvalue weighted by Gasteiger charge is -2.32. The van der Waals surface area contributed by atoms with Gasteiger partial charge < -0.3 is 43.4 Å². The van der Waals surface area contributed by atoms with Crippen molar-refractivity contribution < 1.29 is 106 Å². The van der Waals surface area contributed by atoms with Gasteiger partial charge in [0.05, 0.1) is 61.2 Å². The molecular formula is C77H72N4O22. The molecule has 0 saturated carbocycles. The first-order chi connectivity index (χ1) is 48.9. The van der Waals surface area contributed by atoms with Crippen molar-refractivity contribution in [3.63, 3.8) is 0 Å². The smallest absolute Gasteiger partial charge is 0.339 e. The highest BCUT2D eigenvalue weighted by Crippen LogP contribution is 2.40. The molecule has 4 aliphatic rings. The minimum absolute atomic E-state index is 0.00117. The predicted molar refractivity (Wildman–Crippen MR) is 366 cm³/mol. The Bertz CT molecular complexity index is 4620. The van der Waals surface area contributed by atoms with Gasteiger partial charge in [-0.3, -0.25) is 58.0 Å². The number of hydrogen-bond acceptors (Lipinski definition) is 21. The quantitative estimate of drug-likeness (QED) is 0.00989. The standard InChI is InChI=1S/C77H72N4O22/c1-10-63(83)97-28-30-99-74(95)56-23-17-49(36-61(56)73(93)94)102-48-16-22-55-60(35-48)72(92)81(68(55)88)41-77(8,9)39-42(3)24-26-78-65(85)52-19-13-45(32-57(52)69(78)89)101-47-15-21-54-59(34-47)71(91)80(67(54)87)40-76(6,7)38-43(4)25-27-79-66(86)53-20-14-46(33-58(53)70(79)90)103-50-12-18-51(44(5)82)62(37-50)75(96)100-31-29-98-64(84)11-2/h10-23,32-37,42-43,82H,1-2,5,24-31,38-41H2,3-4,6-9H3,(H,93,94). The Morgan fingerprint density at radius 1 is 0.398 bits per heavy atom. The van der Waals surface area contributed by atoms with Crippen molar-refractivity contribution in [1.29, 1.82) is 0 Å². The van der Waals surface area contributed by atoms with Crippen LogP contribution in [0.5, 0.6) is 34.5 Å². The summed E-state index contributed by atoms with van der Waals surface area (Å²) >= 11 is 0. The second-order valence-electron chi connectivity index (χ2n) is 26.8. The van der Waals surface area contributed by atoms with Gasteiger partial charge in [-0.05, 0) is 158 Å². The molecule has 4 aliphatic heterocycles. The number of rotatable bonds is 32. The number of carboxylic acid groups (broad SMARTS) is 1. The van der Waals surface area contributed by atoms with Crippen molar-refractivity contribution in [2.75, 3.05) is 52.6 Å². The number of ether oxygens (including phenoxy) is 7. The van der Waals surface area contributed by atoms with E-state index in [2.05, 4.69) is 19.7 Å². The van der Waals surface area contributed by atoms with Gasteiger partial charge in [0.2, 0.25) is 0 Å². The maximum atomic E-state index is 14.0. The van der Waals surface area contributed by atoms with Crippen LogP contribution in [-0.2, 0) is 28.5 Å². The predicted octanol–water partition coefficient (Wildman–Crippen LogP) is 11.7. The van der Waals surface area contributed by atoms with Gasteiger partial charge in [-0.15, -0.1) is 0 Å². The number of hydrogen-bond donors (Lipinski definition) is 2. The first kappa shape index (κ1) is 73.4. The fourth-order valence-electron chi connectivity index (χ4n) is 13.0. The van der Waals surface area contributed by atoms with Crippen LogP contribution in [-0.4, -0.2) is 160 Å². The number of carboxylic acids is 1. The van der Waals surface area contributed by atoms with E-state index in [1.165, 1.54) is 108 Å². The van der Waals surface area contributed by atoms with E-state index in [0.29, 0.717) is 25.7 Å². The number of amides is 8. The van der Waals surface area contributed by atoms with E-state index < -0.39 is 99.3 Å². The zero-order valence-electron chi connectivity index (χ0n) is 57.2. The van der Waals surface area contributed by atoms with E-state index >= 15 is 0 Å².